The van der Waals surface area contributed by atoms with Gasteiger partial charge in [-0.3, -0.25) is 9.59 Å². The topological polar surface area (TPSA) is 54.4 Å². The largest absolute Gasteiger partial charge is 0.481 e. The van der Waals surface area contributed by atoms with Crippen molar-refractivity contribution in [3.63, 3.8) is 0 Å². The zero-order valence-electron chi connectivity index (χ0n) is 8.06. The molecular formula is C12H10O3. The van der Waals surface area contributed by atoms with Crippen molar-refractivity contribution in [3.05, 3.63) is 41.0 Å². The van der Waals surface area contributed by atoms with Crippen molar-refractivity contribution in [3.8, 4) is 0 Å². The van der Waals surface area contributed by atoms with E-state index in [0.29, 0.717) is 12.0 Å². The number of fused-ring (bicyclic) bond motifs is 1. The van der Waals surface area contributed by atoms with Gasteiger partial charge >= 0.3 is 5.97 Å². The quantitative estimate of drug-likeness (QED) is 0.793. The number of benzene rings is 1. The van der Waals surface area contributed by atoms with Crippen LogP contribution in [0.3, 0.4) is 0 Å². The van der Waals surface area contributed by atoms with E-state index in [-0.39, 0.29) is 12.2 Å². The molecule has 0 aliphatic heterocycles. The van der Waals surface area contributed by atoms with E-state index in [1.165, 1.54) is 0 Å². The first-order valence-electron chi connectivity index (χ1n) is 4.70. The smallest absolute Gasteiger partial charge is 0.307 e. The molecule has 0 saturated carbocycles. The predicted octanol–water partition coefficient (Wildman–Crippen LogP) is 1.67. The molecule has 3 nitrogen and oxygen atoms in total. The molecule has 0 spiro atoms. The summed E-state index contributed by atoms with van der Waals surface area (Å²) >= 11 is 0. The highest BCUT2D eigenvalue weighted by Gasteiger charge is 2.19. The lowest BCUT2D eigenvalue weighted by atomic mass is 9.90. The highest BCUT2D eigenvalue weighted by atomic mass is 16.4. The number of hydrogen-bond donors (Lipinski definition) is 1. The first-order chi connectivity index (χ1) is 7.16. The maximum absolute atomic E-state index is 11.6. The summed E-state index contributed by atoms with van der Waals surface area (Å²) < 4.78 is 0. The molecule has 0 radical (unpaired) electrons. The first kappa shape index (κ1) is 9.65. The monoisotopic (exact) mass is 202 g/mol. The summed E-state index contributed by atoms with van der Waals surface area (Å²) in [6, 6.07) is 7.54. The van der Waals surface area contributed by atoms with Gasteiger partial charge in [0.15, 0.2) is 5.78 Å². The Labute approximate surface area is 87.0 Å². The third kappa shape index (κ3) is 1.96. The Morgan fingerprint density at radius 3 is 2.80 bits per heavy atom. The van der Waals surface area contributed by atoms with Crippen LogP contribution in [0.1, 0.15) is 17.5 Å². The molecule has 1 aromatic rings. The summed E-state index contributed by atoms with van der Waals surface area (Å²) in [4.78, 5) is 22.1. The van der Waals surface area contributed by atoms with E-state index in [2.05, 4.69) is 0 Å². The number of ketones is 1. The van der Waals surface area contributed by atoms with Gasteiger partial charge in [-0.1, -0.05) is 24.3 Å². The third-order valence-corrected chi connectivity index (χ3v) is 2.44. The third-order valence-electron chi connectivity index (χ3n) is 2.44. The van der Waals surface area contributed by atoms with Crippen molar-refractivity contribution in [2.24, 2.45) is 0 Å². The van der Waals surface area contributed by atoms with Crippen LogP contribution in [0.25, 0.3) is 6.08 Å². The Morgan fingerprint density at radius 2 is 2.07 bits per heavy atom. The van der Waals surface area contributed by atoms with Crippen molar-refractivity contribution >= 4 is 17.8 Å². The second kappa shape index (κ2) is 3.69. The zero-order valence-corrected chi connectivity index (χ0v) is 8.06. The highest BCUT2D eigenvalue weighted by molar-refractivity contribution is 6.06. The molecule has 1 aliphatic carbocycles. The normalized spacial score (nSPS) is 14.4. The van der Waals surface area contributed by atoms with E-state index >= 15 is 0 Å². The fourth-order valence-electron chi connectivity index (χ4n) is 1.70. The van der Waals surface area contributed by atoms with Gasteiger partial charge in [-0.05, 0) is 17.2 Å². The van der Waals surface area contributed by atoms with E-state index in [4.69, 9.17) is 5.11 Å². The lowest BCUT2D eigenvalue weighted by Crippen LogP contribution is -2.14. The minimum Gasteiger partial charge on any atom is -0.481 e. The summed E-state index contributed by atoms with van der Waals surface area (Å²) in [7, 11) is 0. The lowest BCUT2D eigenvalue weighted by Gasteiger charge is -2.13. The minimum atomic E-state index is -0.964. The van der Waals surface area contributed by atoms with Crippen molar-refractivity contribution in [1.82, 2.24) is 0 Å². The fourth-order valence-corrected chi connectivity index (χ4v) is 1.70. The Balaban J connectivity index is 2.38. The van der Waals surface area contributed by atoms with Gasteiger partial charge in [0.25, 0.3) is 0 Å². The van der Waals surface area contributed by atoms with E-state index in [0.717, 1.165) is 11.1 Å². The fraction of sp³-hybridized carbons (Fsp3) is 0.167. The van der Waals surface area contributed by atoms with E-state index < -0.39 is 5.97 Å². The minimum absolute atomic E-state index is 0.0869. The number of hydrogen-bond acceptors (Lipinski definition) is 2. The maximum Gasteiger partial charge on any atom is 0.307 e. The molecular weight excluding hydrogens is 192 g/mol. The average Bonchev–Trinajstić information content (AvgIpc) is 2.18. The molecule has 2 rings (SSSR count). The first-order valence-corrected chi connectivity index (χ1v) is 4.70. The van der Waals surface area contributed by atoms with E-state index in [1.54, 1.807) is 6.08 Å². The van der Waals surface area contributed by atoms with Crippen LogP contribution in [0.2, 0.25) is 0 Å². The molecule has 1 aliphatic rings. The maximum atomic E-state index is 11.6. The van der Waals surface area contributed by atoms with Crippen LogP contribution >= 0.6 is 0 Å². The predicted molar refractivity (Wildman–Crippen MR) is 55.4 cm³/mol. The molecule has 0 fully saturated rings. The van der Waals surface area contributed by atoms with Gasteiger partial charge in [0.05, 0.1) is 6.42 Å². The zero-order chi connectivity index (χ0) is 10.8. The van der Waals surface area contributed by atoms with Gasteiger partial charge < -0.3 is 5.11 Å². The van der Waals surface area contributed by atoms with Gasteiger partial charge in [-0.2, -0.15) is 0 Å². The molecule has 0 heterocycles. The van der Waals surface area contributed by atoms with Crippen molar-refractivity contribution < 1.29 is 14.7 Å². The molecule has 3 heteroatoms. The highest BCUT2D eigenvalue weighted by Crippen LogP contribution is 2.22. The number of carbonyl (C=O) groups excluding carboxylic acids is 1. The molecule has 76 valence electrons. The van der Waals surface area contributed by atoms with Crippen LogP contribution in [-0.2, 0) is 16.0 Å². The van der Waals surface area contributed by atoms with Crippen LogP contribution < -0.4 is 0 Å². The SMILES string of the molecule is O=C(O)CC1=Cc2ccccc2CC1=O. The van der Waals surface area contributed by atoms with Crippen LogP contribution in [0.5, 0.6) is 0 Å². The Bertz CT molecular complexity index is 458. The van der Waals surface area contributed by atoms with Crippen molar-refractivity contribution in [1.29, 1.82) is 0 Å². The van der Waals surface area contributed by atoms with E-state index in [1.807, 2.05) is 24.3 Å². The van der Waals surface area contributed by atoms with Gasteiger partial charge in [0, 0.05) is 12.0 Å². The second-order valence-electron chi connectivity index (χ2n) is 3.54. The number of Topliss-reactive ketones (excluding diaryl/α,β-unsaturated/α-hetero) is 1. The number of aliphatic carboxylic acids is 1. The van der Waals surface area contributed by atoms with Crippen LogP contribution in [0, 0.1) is 0 Å². The van der Waals surface area contributed by atoms with Crippen molar-refractivity contribution in [2.75, 3.05) is 0 Å². The molecule has 0 aromatic heterocycles. The number of carboxylic acid groups (broad SMARTS) is 1. The molecule has 0 unspecified atom stereocenters. The molecule has 0 saturated heterocycles. The van der Waals surface area contributed by atoms with E-state index in [9.17, 15) is 9.59 Å². The number of rotatable bonds is 2. The molecule has 1 aromatic carbocycles. The Hall–Kier alpha value is -1.90. The van der Waals surface area contributed by atoms with Gasteiger partial charge in [0.2, 0.25) is 0 Å². The second-order valence-corrected chi connectivity index (χ2v) is 3.54. The molecule has 15 heavy (non-hydrogen) atoms. The van der Waals surface area contributed by atoms with Gasteiger partial charge in [0.1, 0.15) is 0 Å². The standard InChI is InChI=1S/C12H10O3/c13-11-6-9-4-2-1-3-8(9)5-10(11)7-12(14)15/h1-5H,6-7H2,(H,14,15). The molecule has 1 N–H and O–H groups in total. The summed E-state index contributed by atoms with van der Waals surface area (Å²) in [5.74, 6) is -1.05. The summed E-state index contributed by atoms with van der Waals surface area (Å²) in [6.07, 6.45) is 1.80. The Morgan fingerprint density at radius 1 is 1.33 bits per heavy atom. The van der Waals surface area contributed by atoms with Crippen molar-refractivity contribution in [2.45, 2.75) is 12.8 Å². The number of carboxylic acids is 1. The molecule has 0 amide bonds. The summed E-state index contributed by atoms with van der Waals surface area (Å²) in [5, 5.41) is 8.64. The lowest BCUT2D eigenvalue weighted by molar-refractivity contribution is -0.136. The van der Waals surface area contributed by atoms with Crippen LogP contribution in [-0.4, -0.2) is 16.9 Å². The van der Waals surface area contributed by atoms with Gasteiger partial charge in [-0.25, -0.2) is 0 Å². The molecule has 0 atom stereocenters. The molecule has 0 bridgehead atoms. The van der Waals surface area contributed by atoms with Crippen LogP contribution in [0.4, 0.5) is 0 Å². The number of carbonyl (C=O) groups is 2. The average molecular weight is 202 g/mol. The summed E-state index contributed by atoms with van der Waals surface area (Å²) in [6.45, 7) is 0. The van der Waals surface area contributed by atoms with Gasteiger partial charge in [-0.15, -0.1) is 0 Å². The summed E-state index contributed by atoms with van der Waals surface area (Å²) in [5.41, 5.74) is 2.31. The Kier molecular flexibility index (Phi) is 2.37. The van der Waals surface area contributed by atoms with Crippen LogP contribution in [0.15, 0.2) is 29.8 Å².